The van der Waals surface area contributed by atoms with E-state index in [1.165, 1.54) is 12.1 Å². The van der Waals surface area contributed by atoms with Gasteiger partial charge in [0, 0.05) is 37.6 Å². The molecular weight excluding hydrogens is 628 g/mol. The zero-order valence-corrected chi connectivity index (χ0v) is 27.1. The number of carbonyl (C=O) groups is 6. The fraction of sp³-hybridized carbons (Fsp3) is 0.438. The van der Waals surface area contributed by atoms with Crippen LogP contribution in [0.1, 0.15) is 72.4 Å². The van der Waals surface area contributed by atoms with Crippen LogP contribution in [0.4, 0.5) is 21.0 Å². The molecule has 2 aromatic rings. The number of amides is 4. The first-order chi connectivity index (χ1) is 22.6. The van der Waals surface area contributed by atoms with E-state index >= 15 is 0 Å². The van der Waals surface area contributed by atoms with Crippen LogP contribution in [0.2, 0.25) is 0 Å². The van der Waals surface area contributed by atoms with Crippen molar-refractivity contribution in [3.8, 4) is 11.5 Å². The second kappa shape index (κ2) is 16.3. The Kier molecular flexibility index (Phi) is 12.6. The molecule has 0 heterocycles. The summed E-state index contributed by atoms with van der Waals surface area (Å²) in [7, 11) is 0. The number of aromatic hydroxyl groups is 2. The first kappa shape index (κ1) is 36.9. The molecule has 4 amide bonds. The van der Waals surface area contributed by atoms with Crippen molar-refractivity contribution in [1.82, 2.24) is 21.3 Å². The van der Waals surface area contributed by atoms with Crippen LogP contribution in [0.25, 0.3) is 0 Å². The molecule has 0 spiro atoms. The van der Waals surface area contributed by atoms with E-state index in [9.17, 15) is 39.0 Å². The summed E-state index contributed by atoms with van der Waals surface area (Å²) in [4.78, 5) is 75.0. The van der Waals surface area contributed by atoms with Gasteiger partial charge in [0.05, 0.1) is 22.3 Å². The lowest BCUT2D eigenvalue weighted by Gasteiger charge is -2.25. The molecule has 1 aliphatic carbocycles. The number of hydrogen-bond acceptors (Lipinski definition) is 10. The summed E-state index contributed by atoms with van der Waals surface area (Å²) in [5, 5.41) is 54.8. The highest BCUT2D eigenvalue weighted by atomic mass is 16.4. The maximum Gasteiger partial charge on any atom is 0.405 e. The molecule has 10 N–H and O–H groups in total. The number of carboxylic acid groups (broad SMARTS) is 2. The van der Waals surface area contributed by atoms with E-state index < -0.39 is 59.2 Å². The Hall–Kier alpha value is -5.54. The van der Waals surface area contributed by atoms with Crippen molar-refractivity contribution >= 4 is 46.9 Å². The molecule has 2 atom stereocenters. The number of hydrogen-bond donors (Lipinski definition) is 10. The fourth-order valence-electron chi connectivity index (χ4n) is 5.38. The van der Waals surface area contributed by atoms with Crippen LogP contribution in [0.3, 0.4) is 0 Å². The van der Waals surface area contributed by atoms with Crippen LogP contribution in [0.15, 0.2) is 24.3 Å². The molecule has 48 heavy (non-hydrogen) atoms. The normalized spacial score (nSPS) is 13.2. The summed E-state index contributed by atoms with van der Waals surface area (Å²) in [6.07, 6.45) is -2.11. The molecule has 0 bridgehead atoms. The van der Waals surface area contributed by atoms with Gasteiger partial charge in [-0.25, -0.2) is 9.59 Å². The number of phenols is 2. The van der Waals surface area contributed by atoms with Gasteiger partial charge in [-0.1, -0.05) is 27.7 Å². The molecule has 0 aliphatic heterocycles. The predicted octanol–water partition coefficient (Wildman–Crippen LogP) is 2.29. The number of anilines is 2. The average Bonchev–Trinajstić information content (AvgIpc) is 2.99. The molecule has 0 unspecified atom stereocenters. The number of phenolic OH excluding ortho intramolecular Hbond substituents is 2. The summed E-state index contributed by atoms with van der Waals surface area (Å²) < 4.78 is 0. The largest absolute Gasteiger partial charge is 0.507 e. The highest BCUT2D eigenvalue weighted by Crippen LogP contribution is 2.42. The van der Waals surface area contributed by atoms with Gasteiger partial charge in [0.15, 0.2) is 0 Å². The first-order valence-corrected chi connectivity index (χ1v) is 15.5. The van der Waals surface area contributed by atoms with Crippen LogP contribution in [-0.4, -0.2) is 94.3 Å². The van der Waals surface area contributed by atoms with E-state index in [1.54, 1.807) is 0 Å². The minimum atomic E-state index is -1.33. The molecule has 0 saturated heterocycles. The van der Waals surface area contributed by atoms with Gasteiger partial charge >= 0.3 is 12.2 Å². The van der Waals surface area contributed by atoms with Crippen LogP contribution in [0, 0.1) is 11.8 Å². The lowest BCUT2D eigenvalue weighted by Crippen LogP contribution is -2.47. The highest BCUT2D eigenvalue weighted by Gasteiger charge is 2.38. The zero-order chi connectivity index (χ0) is 35.7. The van der Waals surface area contributed by atoms with E-state index in [4.69, 9.17) is 10.2 Å². The molecule has 260 valence electrons. The highest BCUT2D eigenvalue weighted by molar-refractivity contribution is 6.33. The van der Waals surface area contributed by atoms with E-state index in [0.717, 1.165) is 12.1 Å². The third-order valence-electron chi connectivity index (χ3n) is 7.40. The van der Waals surface area contributed by atoms with Gasteiger partial charge in [-0.3, -0.25) is 19.2 Å². The lowest BCUT2D eigenvalue weighted by atomic mass is 9.81. The van der Waals surface area contributed by atoms with Crippen molar-refractivity contribution in [1.29, 1.82) is 0 Å². The van der Waals surface area contributed by atoms with Gasteiger partial charge in [0.1, 0.15) is 23.6 Å². The molecule has 16 heteroatoms. The molecule has 1 aliphatic rings. The van der Waals surface area contributed by atoms with Crippen molar-refractivity contribution in [2.24, 2.45) is 11.8 Å². The SMILES string of the molecule is CC(C)C[C@@H](NC(=O)O)C(=O)NCCNc1ccc(NCCNC(=O)[C@@H](CC(C)C)NC(=O)O)c2c1C(=O)c1c(O)ccc(O)c1C2=O. The third-order valence-corrected chi connectivity index (χ3v) is 7.40. The number of rotatable bonds is 16. The lowest BCUT2D eigenvalue weighted by molar-refractivity contribution is -0.124. The smallest absolute Gasteiger partial charge is 0.405 e. The minimum Gasteiger partial charge on any atom is -0.507 e. The van der Waals surface area contributed by atoms with Gasteiger partial charge < -0.3 is 52.3 Å². The van der Waals surface area contributed by atoms with Crippen molar-refractivity contribution in [3.05, 3.63) is 46.5 Å². The van der Waals surface area contributed by atoms with Crippen LogP contribution >= 0.6 is 0 Å². The molecule has 2 aromatic carbocycles. The zero-order valence-electron chi connectivity index (χ0n) is 27.1. The predicted molar refractivity (Wildman–Crippen MR) is 175 cm³/mol. The summed E-state index contributed by atoms with van der Waals surface area (Å²) >= 11 is 0. The maximum atomic E-state index is 13.8. The van der Waals surface area contributed by atoms with Gasteiger partial charge in [0.25, 0.3) is 0 Å². The number of benzene rings is 2. The summed E-state index contributed by atoms with van der Waals surface area (Å²) in [6, 6.07) is 3.30. The van der Waals surface area contributed by atoms with Crippen molar-refractivity contribution in [3.63, 3.8) is 0 Å². The Bertz CT molecular complexity index is 1460. The second-order valence-electron chi connectivity index (χ2n) is 12.1. The number of carbonyl (C=O) groups excluding carboxylic acids is 4. The van der Waals surface area contributed by atoms with Crippen LogP contribution < -0.4 is 31.9 Å². The van der Waals surface area contributed by atoms with Gasteiger partial charge in [-0.2, -0.15) is 0 Å². The summed E-state index contributed by atoms with van der Waals surface area (Å²) in [5.74, 6) is -3.46. The Balaban J connectivity index is 1.81. The molecule has 3 rings (SSSR count). The van der Waals surface area contributed by atoms with Gasteiger partial charge in [0.2, 0.25) is 23.4 Å². The molecule has 0 fully saturated rings. The van der Waals surface area contributed by atoms with Crippen molar-refractivity contribution in [2.45, 2.75) is 52.6 Å². The summed E-state index contributed by atoms with van der Waals surface area (Å²) in [5.41, 5.74) is -0.534. The molecular formula is C32H42N6O10. The van der Waals surface area contributed by atoms with Gasteiger partial charge in [-0.15, -0.1) is 0 Å². The third kappa shape index (κ3) is 9.27. The second-order valence-corrected chi connectivity index (χ2v) is 12.1. The van der Waals surface area contributed by atoms with E-state index in [1.807, 2.05) is 27.7 Å². The molecule has 16 nitrogen and oxygen atoms in total. The Morgan fingerprint density at radius 2 is 0.938 bits per heavy atom. The van der Waals surface area contributed by atoms with E-state index in [2.05, 4.69) is 31.9 Å². The maximum absolute atomic E-state index is 13.8. The average molecular weight is 671 g/mol. The van der Waals surface area contributed by atoms with E-state index in [0.29, 0.717) is 0 Å². The van der Waals surface area contributed by atoms with Gasteiger partial charge in [-0.05, 0) is 48.9 Å². The Morgan fingerprint density at radius 3 is 1.25 bits per heavy atom. The first-order valence-electron chi connectivity index (χ1n) is 15.5. The minimum absolute atomic E-state index is 0.0303. The standard InChI is InChI=1S/C32H42N6O10/c1-15(2)13-19(37-31(45)46)29(43)35-11-9-33-17-5-6-18(34-10-12-36-30(44)20(14-16(3)4)38-32(47)48)24-23(17)27(41)25-21(39)7-8-22(40)26(25)28(24)42/h5-8,15-16,19-20,33-34,37-40H,9-14H2,1-4H3,(H,35,43)(H,36,44)(H,45,46)(H,47,48)/t19-,20-/m1/s1. The molecule has 0 aromatic heterocycles. The number of nitrogens with one attached hydrogen (secondary N) is 6. The summed E-state index contributed by atoms with van der Waals surface area (Å²) in [6.45, 7) is 7.59. The number of ketones is 2. The van der Waals surface area contributed by atoms with Crippen LogP contribution in [0.5, 0.6) is 11.5 Å². The quantitative estimate of drug-likeness (QED) is 0.0778. The number of fused-ring (bicyclic) bond motifs is 2. The molecule has 0 saturated carbocycles. The monoisotopic (exact) mass is 670 g/mol. The van der Waals surface area contributed by atoms with Crippen molar-refractivity contribution < 1.29 is 49.2 Å². The topological polar surface area (TPSA) is 256 Å². The fourth-order valence-corrected chi connectivity index (χ4v) is 5.38. The van der Waals surface area contributed by atoms with Crippen LogP contribution in [-0.2, 0) is 9.59 Å². The van der Waals surface area contributed by atoms with E-state index in [-0.39, 0.29) is 84.5 Å². The van der Waals surface area contributed by atoms with Crippen molar-refractivity contribution in [2.75, 3.05) is 36.8 Å². The Morgan fingerprint density at radius 1 is 0.583 bits per heavy atom. The Labute approximate surface area is 276 Å². The molecule has 0 radical (unpaired) electrons.